The average molecular weight is 312 g/mol. The maximum absolute atomic E-state index is 12.0. The van der Waals surface area contributed by atoms with Crippen LogP contribution in [0.3, 0.4) is 0 Å². The lowest BCUT2D eigenvalue weighted by Gasteiger charge is -2.01. The Hall–Kier alpha value is -2.59. The highest BCUT2D eigenvalue weighted by Gasteiger charge is 2.08. The van der Waals surface area contributed by atoms with Gasteiger partial charge in [-0.2, -0.15) is 5.10 Å². The number of nitrogens with one attached hydrogen (secondary N) is 2. The SMILES string of the molecule is O=C(Cc1ccccc1)Nc1cc(-c2ccc(Cl)cc2)[nH]n1. The lowest BCUT2D eigenvalue weighted by atomic mass is 10.1. The molecule has 0 aliphatic carbocycles. The highest BCUT2D eigenvalue weighted by molar-refractivity contribution is 6.30. The lowest BCUT2D eigenvalue weighted by Crippen LogP contribution is -2.14. The minimum Gasteiger partial charge on any atom is -0.309 e. The van der Waals surface area contributed by atoms with E-state index in [4.69, 9.17) is 11.6 Å². The number of carbonyl (C=O) groups is 1. The molecule has 0 unspecified atom stereocenters. The number of nitrogens with zero attached hydrogens (tertiary/aromatic N) is 1. The van der Waals surface area contributed by atoms with Crippen molar-refractivity contribution in [2.45, 2.75) is 6.42 Å². The molecule has 0 radical (unpaired) electrons. The molecule has 0 atom stereocenters. The van der Waals surface area contributed by atoms with Gasteiger partial charge in [0.2, 0.25) is 5.91 Å². The normalized spacial score (nSPS) is 10.4. The number of amides is 1. The molecular formula is C17H14ClN3O. The quantitative estimate of drug-likeness (QED) is 0.767. The van der Waals surface area contributed by atoms with E-state index in [2.05, 4.69) is 15.5 Å². The van der Waals surface area contributed by atoms with Gasteiger partial charge in [-0.1, -0.05) is 54.1 Å². The van der Waals surface area contributed by atoms with Gasteiger partial charge in [0, 0.05) is 11.1 Å². The zero-order valence-corrected chi connectivity index (χ0v) is 12.5. The topological polar surface area (TPSA) is 57.8 Å². The van der Waals surface area contributed by atoms with Crippen molar-refractivity contribution in [3.63, 3.8) is 0 Å². The third-order valence-electron chi connectivity index (χ3n) is 3.21. The zero-order valence-electron chi connectivity index (χ0n) is 11.7. The highest BCUT2D eigenvalue weighted by atomic mass is 35.5. The third kappa shape index (κ3) is 3.54. The summed E-state index contributed by atoms with van der Waals surface area (Å²) in [7, 11) is 0. The number of aromatic nitrogens is 2. The fraction of sp³-hybridized carbons (Fsp3) is 0.0588. The van der Waals surface area contributed by atoms with Gasteiger partial charge in [-0.15, -0.1) is 0 Å². The van der Waals surface area contributed by atoms with Gasteiger partial charge in [-0.25, -0.2) is 0 Å². The van der Waals surface area contributed by atoms with Gasteiger partial charge in [0.25, 0.3) is 0 Å². The number of carbonyl (C=O) groups excluding carboxylic acids is 1. The number of halogens is 1. The summed E-state index contributed by atoms with van der Waals surface area (Å²) < 4.78 is 0. The summed E-state index contributed by atoms with van der Waals surface area (Å²) in [6, 6.07) is 18.8. The number of anilines is 1. The smallest absolute Gasteiger partial charge is 0.229 e. The van der Waals surface area contributed by atoms with Crippen LogP contribution in [-0.2, 0) is 11.2 Å². The molecule has 5 heteroatoms. The average Bonchev–Trinajstić information content (AvgIpc) is 2.97. The van der Waals surface area contributed by atoms with Crippen LogP contribution in [0.2, 0.25) is 5.02 Å². The van der Waals surface area contributed by atoms with Crippen molar-refractivity contribution < 1.29 is 4.79 Å². The number of aromatic amines is 1. The van der Waals surface area contributed by atoms with E-state index < -0.39 is 0 Å². The van der Waals surface area contributed by atoms with Crippen LogP contribution in [0.1, 0.15) is 5.56 Å². The second-order valence-corrected chi connectivity index (χ2v) is 5.32. The molecule has 3 rings (SSSR count). The van der Waals surface area contributed by atoms with Crippen LogP contribution >= 0.6 is 11.6 Å². The van der Waals surface area contributed by atoms with Crippen LogP contribution < -0.4 is 5.32 Å². The van der Waals surface area contributed by atoms with Crippen molar-refractivity contribution >= 4 is 23.3 Å². The van der Waals surface area contributed by atoms with Crippen molar-refractivity contribution in [2.24, 2.45) is 0 Å². The van der Waals surface area contributed by atoms with E-state index in [9.17, 15) is 4.79 Å². The maximum Gasteiger partial charge on any atom is 0.229 e. The number of rotatable bonds is 4. The largest absolute Gasteiger partial charge is 0.309 e. The predicted molar refractivity (Wildman–Crippen MR) is 87.8 cm³/mol. The summed E-state index contributed by atoms with van der Waals surface area (Å²) in [5.41, 5.74) is 2.75. The molecule has 1 heterocycles. The maximum atomic E-state index is 12.0. The second kappa shape index (κ2) is 6.45. The van der Waals surface area contributed by atoms with Crippen LogP contribution in [-0.4, -0.2) is 16.1 Å². The second-order valence-electron chi connectivity index (χ2n) is 4.88. The Morgan fingerprint density at radius 2 is 1.82 bits per heavy atom. The van der Waals surface area contributed by atoms with E-state index in [-0.39, 0.29) is 5.91 Å². The van der Waals surface area contributed by atoms with Crippen molar-refractivity contribution in [3.05, 3.63) is 71.2 Å². The molecule has 0 aliphatic heterocycles. The van der Waals surface area contributed by atoms with Gasteiger partial charge in [-0.3, -0.25) is 9.89 Å². The molecule has 2 N–H and O–H groups in total. The molecule has 0 saturated carbocycles. The summed E-state index contributed by atoms with van der Waals surface area (Å²) in [5.74, 6) is 0.409. The van der Waals surface area contributed by atoms with E-state index in [1.54, 1.807) is 6.07 Å². The molecule has 110 valence electrons. The standard InChI is InChI=1S/C17H14ClN3O/c18-14-8-6-13(7-9-14)15-11-16(21-20-15)19-17(22)10-12-4-2-1-3-5-12/h1-9,11H,10H2,(H2,19,20,21,22). The third-order valence-corrected chi connectivity index (χ3v) is 3.46. The Morgan fingerprint density at radius 1 is 1.09 bits per heavy atom. The zero-order chi connectivity index (χ0) is 15.4. The fourth-order valence-corrected chi connectivity index (χ4v) is 2.26. The Balaban J connectivity index is 1.66. The van der Waals surface area contributed by atoms with Crippen LogP contribution in [0.5, 0.6) is 0 Å². The molecular weight excluding hydrogens is 298 g/mol. The Kier molecular flexibility index (Phi) is 4.21. The van der Waals surface area contributed by atoms with Crippen molar-refractivity contribution in [3.8, 4) is 11.3 Å². The minimum absolute atomic E-state index is 0.0969. The van der Waals surface area contributed by atoms with E-state index in [0.29, 0.717) is 17.3 Å². The van der Waals surface area contributed by atoms with Gasteiger partial charge in [0.15, 0.2) is 5.82 Å². The number of hydrogen-bond donors (Lipinski definition) is 2. The van der Waals surface area contributed by atoms with Gasteiger partial charge < -0.3 is 5.32 Å². The van der Waals surface area contributed by atoms with Gasteiger partial charge >= 0.3 is 0 Å². The summed E-state index contributed by atoms with van der Waals surface area (Å²) in [5, 5.41) is 10.5. The molecule has 0 spiro atoms. The molecule has 0 fully saturated rings. The van der Waals surface area contributed by atoms with E-state index in [1.807, 2.05) is 54.6 Å². The van der Waals surface area contributed by atoms with Crippen LogP contribution in [0.25, 0.3) is 11.3 Å². The Labute approximate surface area is 133 Å². The number of H-pyrrole nitrogens is 1. The van der Waals surface area contributed by atoms with Gasteiger partial charge in [-0.05, 0) is 23.3 Å². The Bertz CT molecular complexity index is 766. The van der Waals surface area contributed by atoms with Crippen LogP contribution in [0.4, 0.5) is 5.82 Å². The minimum atomic E-state index is -0.0969. The number of hydrogen-bond acceptors (Lipinski definition) is 2. The van der Waals surface area contributed by atoms with Crippen molar-refractivity contribution in [1.82, 2.24) is 10.2 Å². The van der Waals surface area contributed by atoms with Gasteiger partial charge in [0.1, 0.15) is 0 Å². The highest BCUT2D eigenvalue weighted by Crippen LogP contribution is 2.21. The predicted octanol–water partition coefficient (Wildman–Crippen LogP) is 3.91. The summed E-state index contributed by atoms with van der Waals surface area (Å²) in [6.45, 7) is 0. The Morgan fingerprint density at radius 3 is 2.55 bits per heavy atom. The molecule has 1 amide bonds. The molecule has 22 heavy (non-hydrogen) atoms. The summed E-state index contributed by atoms with van der Waals surface area (Å²) in [6.07, 6.45) is 0.323. The van der Waals surface area contributed by atoms with E-state index in [0.717, 1.165) is 16.8 Å². The lowest BCUT2D eigenvalue weighted by molar-refractivity contribution is -0.115. The van der Waals surface area contributed by atoms with Gasteiger partial charge in [0.05, 0.1) is 12.1 Å². The van der Waals surface area contributed by atoms with E-state index in [1.165, 1.54) is 0 Å². The molecule has 0 saturated heterocycles. The molecule has 3 aromatic rings. The first-order valence-corrected chi connectivity index (χ1v) is 7.23. The molecule has 0 bridgehead atoms. The monoisotopic (exact) mass is 311 g/mol. The molecule has 1 aromatic heterocycles. The molecule has 4 nitrogen and oxygen atoms in total. The first-order chi connectivity index (χ1) is 10.7. The first-order valence-electron chi connectivity index (χ1n) is 6.86. The van der Waals surface area contributed by atoms with Crippen LogP contribution in [0, 0.1) is 0 Å². The first kappa shape index (κ1) is 14.4. The molecule has 2 aromatic carbocycles. The van der Waals surface area contributed by atoms with Crippen molar-refractivity contribution in [2.75, 3.05) is 5.32 Å². The van der Waals surface area contributed by atoms with Crippen molar-refractivity contribution in [1.29, 1.82) is 0 Å². The fourth-order valence-electron chi connectivity index (χ4n) is 2.13. The van der Waals surface area contributed by atoms with E-state index >= 15 is 0 Å². The number of benzene rings is 2. The summed E-state index contributed by atoms with van der Waals surface area (Å²) >= 11 is 5.87. The summed E-state index contributed by atoms with van der Waals surface area (Å²) in [4.78, 5) is 12.0. The van der Waals surface area contributed by atoms with Crippen LogP contribution in [0.15, 0.2) is 60.7 Å². The molecule has 0 aliphatic rings.